The average Bonchev–Trinajstić information content (AvgIpc) is 3.21. The molecule has 2 aliphatic rings. The highest BCUT2D eigenvalue weighted by atomic mass is 16.5. The van der Waals surface area contributed by atoms with Crippen LogP contribution in [0.2, 0.25) is 0 Å². The number of hydrogen-bond donors (Lipinski definition) is 0. The van der Waals surface area contributed by atoms with E-state index in [0.717, 1.165) is 49.6 Å². The van der Waals surface area contributed by atoms with Crippen molar-refractivity contribution < 1.29 is 14.0 Å². The molecule has 128 valence electrons. The summed E-state index contributed by atoms with van der Waals surface area (Å²) in [6.45, 7) is 5.01. The van der Waals surface area contributed by atoms with Gasteiger partial charge in [0.05, 0.1) is 31.1 Å². The van der Waals surface area contributed by atoms with Crippen LogP contribution in [0.1, 0.15) is 29.9 Å². The molecule has 1 aliphatic carbocycles. The van der Waals surface area contributed by atoms with E-state index in [0.29, 0.717) is 12.6 Å². The molecular formula is C18H23N3O3. The lowest BCUT2D eigenvalue weighted by atomic mass is 10.1. The van der Waals surface area contributed by atoms with Crippen LogP contribution in [0.4, 0.5) is 0 Å². The smallest absolute Gasteiger partial charge is 0.133 e. The van der Waals surface area contributed by atoms with Gasteiger partial charge in [-0.25, -0.2) is 0 Å². The van der Waals surface area contributed by atoms with E-state index in [-0.39, 0.29) is 12.2 Å². The van der Waals surface area contributed by atoms with Crippen molar-refractivity contribution in [3.05, 3.63) is 47.6 Å². The molecule has 3 heterocycles. The third-order valence-electron chi connectivity index (χ3n) is 4.88. The number of nitrogens with zero attached hydrogens (tertiary/aromatic N) is 3. The zero-order valence-electron chi connectivity index (χ0n) is 13.9. The minimum atomic E-state index is 0.142. The first-order valence-electron chi connectivity index (χ1n) is 8.58. The van der Waals surface area contributed by atoms with Crippen LogP contribution in [-0.4, -0.2) is 46.4 Å². The number of ether oxygens (including phenoxy) is 2. The van der Waals surface area contributed by atoms with Crippen molar-refractivity contribution in [2.24, 2.45) is 0 Å². The van der Waals surface area contributed by atoms with E-state index < -0.39 is 0 Å². The quantitative estimate of drug-likeness (QED) is 0.839. The van der Waals surface area contributed by atoms with Crippen molar-refractivity contribution >= 4 is 0 Å². The van der Waals surface area contributed by atoms with Gasteiger partial charge < -0.3 is 14.0 Å². The highest BCUT2D eigenvalue weighted by Gasteiger charge is 2.43. The molecule has 2 aromatic rings. The summed E-state index contributed by atoms with van der Waals surface area (Å²) < 4.78 is 17.4. The molecule has 1 aliphatic heterocycles. The van der Waals surface area contributed by atoms with Crippen molar-refractivity contribution in [3.8, 4) is 0 Å². The molecule has 6 nitrogen and oxygen atoms in total. The Morgan fingerprint density at radius 1 is 1.38 bits per heavy atom. The average molecular weight is 329 g/mol. The van der Waals surface area contributed by atoms with Crippen LogP contribution in [-0.2, 0) is 22.6 Å². The van der Waals surface area contributed by atoms with Gasteiger partial charge in [-0.1, -0.05) is 11.2 Å². The number of morpholine rings is 1. The van der Waals surface area contributed by atoms with Gasteiger partial charge in [0.2, 0.25) is 0 Å². The SMILES string of the molecule is Cc1cc(CN2CCO[C@H]3[C@@H](OCc4cccnc4)CC[C@@H]32)no1. The molecule has 0 spiro atoms. The Bertz CT molecular complexity index is 661. The Morgan fingerprint density at radius 3 is 3.12 bits per heavy atom. The molecule has 0 bridgehead atoms. The first-order valence-corrected chi connectivity index (χ1v) is 8.58. The van der Waals surface area contributed by atoms with Crippen LogP contribution >= 0.6 is 0 Å². The van der Waals surface area contributed by atoms with E-state index in [1.54, 1.807) is 6.20 Å². The van der Waals surface area contributed by atoms with E-state index in [4.69, 9.17) is 14.0 Å². The molecule has 0 radical (unpaired) electrons. The summed E-state index contributed by atoms with van der Waals surface area (Å²) in [5.41, 5.74) is 2.10. The molecule has 3 atom stereocenters. The molecule has 0 N–H and O–H groups in total. The molecule has 24 heavy (non-hydrogen) atoms. The van der Waals surface area contributed by atoms with E-state index >= 15 is 0 Å². The Labute approximate surface area is 141 Å². The van der Waals surface area contributed by atoms with Crippen LogP contribution < -0.4 is 0 Å². The fraction of sp³-hybridized carbons (Fsp3) is 0.556. The summed E-state index contributed by atoms with van der Waals surface area (Å²) in [5.74, 6) is 0.860. The third kappa shape index (κ3) is 3.36. The Kier molecular flexibility index (Phi) is 4.60. The van der Waals surface area contributed by atoms with Gasteiger partial charge in [-0.15, -0.1) is 0 Å². The van der Waals surface area contributed by atoms with Crippen LogP contribution in [0.15, 0.2) is 35.1 Å². The lowest BCUT2D eigenvalue weighted by Crippen LogP contribution is -2.51. The predicted molar refractivity (Wildman–Crippen MR) is 87.2 cm³/mol. The third-order valence-corrected chi connectivity index (χ3v) is 4.88. The zero-order chi connectivity index (χ0) is 16.4. The molecule has 4 rings (SSSR count). The number of aromatic nitrogens is 2. The minimum absolute atomic E-state index is 0.142. The van der Waals surface area contributed by atoms with Gasteiger partial charge in [0.1, 0.15) is 5.76 Å². The summed E-state index contributed by atoms with van der Waals surface area (Å²) in [5, 5.41) is 4.12. The van der Waals surface area contributed by atoms with Crippen LogP contribution in [0.25, 0.3) is 0 Å². The monoisotopic (exact) mass is 329 g/mol. The molecule has 2 fully saturated rings. The van der Waals surface area contributed by atoms with Gasteiger partial charge in [-0.3, -0.25) is 9.88 Å². The zero-order valence-corrected chi connectivity index (χ0v) is 13.9. The van der Waals surface area contributed by atoms with E-state index in [9.17, 15) is 0 Å². The number of rotatable bonds is 5. The first-order chi connectivity index (χ1) is 11.8. The van der Waals surface area contributed by atoms with Crippen LogP contribution in [0, 0.1) is 6.92 Å². The van der Waals surface area contributed by atoms with Gasteiger partial charge in [-0.2, -0.15) is 0 Å². The second-order valence-corrected chi connectivity index (χ2v) is 6.59. The normalized spacial score (nSPS) is 27.3. The van der Waals surface area contributed by atoms with Crippen molar-refractivity contribution in [1.29, 1.82) is 0 Å². The maximum atomic E-state index is 6.14. The molecule has 0 aromatic carbocycles. The summed E-state index contributed by atoms with van der Waals surface area (Å²) >= 11 is 0. The number of aryl methyl sites for hydroxylation is 1. The van der Waals surface area contributed by atoms with Gasteiger partial charge in [-0.05, 0) is 31.4 Å². The summed E-state index contributed by atoms with van der Waals surface area (Å²) in [6.07, 6.45) is 6.06. The maximum Gasteiger partial charge on any atom is 0.133 e. The van der Waals surface area contributed by atoms with Crippen LogP contribution in [0.5, 0.6) is 0 Å². The second kappa shape index (κ2) is 7.01. The second-order valence-electron chi connectivity index (χ2n) is 6.59. The topological polar surface area (TPSA) is 60.6 Å². The maximum absolute atomic E-state index is 6.14. The predicted octanol–water partition coefficient (Wildman–Crippen LogP) is 2.33. The molecule has 2 aromatic heterocycles. The lowest BCUT2D eigenvalue weighted by molar-refractivity contribution is -0.119. The first kappa shape index (κ1) is 15.7. The van der Waals surface area contributed by atoms with Crippen molar-refractivity contribution in [2.45, 2.75) is 51.2 Å². The summed E-state index contributed by atoms with van der Waals surface area (Å²) in [6, 6.07) is 6.39. The lowest BCUT2D eigenvalue weighted by Gasteiger charge is -2.38. The number of hydrogen-bond acceptors (Lipinski definition) is 6. The summed E-state index contributed by atoms with van der Waals surface area (Å²) in [7, 11) is 0. The van der Waals surface area contributed by atoms with Crippen molar-refractivity contribution in [2.75, 3.05) is 13.2 Å². The Hall–Kier alpha value is -1.76. The van der Waals surface area contributed by atoms with Crippen LogP contribution in [0.3, 0.4) is 0 Å². The standard InChI is InChI=1S/C18H23N3O3/c1-13-9-15(20-24-13)11-21-7-8-22-18-16(21)4-5-17(18)23-12-14-3-2-6-19-10-14/h2-3,6,9-10,16-18H,4-5,7-8,11-12H2,1H3/t16-,17-,18+/m0/s1. The van der Waals surface area contributed by atoms with Gasteiger partial charge in [0.25, 0.3) is 0 Å². The Balaban J connectivity index is 1.37. The molecular weight excluding hydrogens is 306 g/mol. The van der Waals surface area contributed by atoms with E-state index in [2.05, 4.69) is 15.0 Å². The van der Waals surface area contributed by atoms with Gasteiger partial charge >= 0.3 is 0 Å². The van der Waals surface area contributed by atoms with E-state index in [1.165, 1.54) is 0 Å². The van der Waals surface area contributed by atoms with Gasteiger partial charge in [0.15, 0.2) is 0 Å². The Morgan fingerprint density at radius 2 is 2.33 bits per heavy atom. The largest absolute Gasteiger partial charge is 0.373 e. The van der Waals surface area contributed by atoms with Crippen molar-refractivity contribution in [1.82, 2.24) is 15.0 Å². The fourth-order valence-electron chi connectivity index (χ4n) is 3.75. The number of pyridine rings is 1. The number of fused-ring (bicyclic) bond motifs is 1. The molecule has 6 heteroatoms. The van der Waals surface area contributed by atoms with E-state index in [1.807, 2.05) is 31.3 Å². The van der Waals surface area contributed by atoms with Crippen molar-refractivity contribution in [3.63, 3.8) is 0 Å². The molecule has 1 saturated carbocycles. The highest BCUT2D eigenvalue weighted by Crippen LogP contribution is 2.33. The minimum Gasteiger partial charge on any atom is -0.373 e. The molecule has 0 amide bonds. The molecule has 0 unspecified atom stereocenters. The highest BCUT2D eigenvalue weighted by molar-refractivity contribution is 5.08. The fourth-order valence-corrected chi connectivity index (χ4v) is 3.75. The van der Waals surface area contributed by atoms with Gasteiger partial charge in [0, 0.05) is 37.6 Å². The summed E-state index contributed by atoms with van der Waals surface area (Å²) in [4.78, 5) is 6.59. The molecule has 1 saturated heterocycles.